The van der Waals surface area contributed by atoms with Gasteiger partial charge in [-0.05, 0) is 25.0 Å². The van der Waals surface area contributed by atoms with E-state index in [1.807, 2.05) is 0 Å². The van der Waals surface area contributed by atoms with Gasteiger partial charge in [-0.1, -0.05) is 6.07 Å². The Bertz CT molecular complexity index is 447. The number of alkyl halides is 3. The van der Waals surface area contributed by atoms with Crippen molar-refractivity contribution in [2.45, 2.75) is 25.4 Å². The summed E-state index contributed by atoms with van der Waals surface area (Å²) in [6.07, 6.45) is -4.60. The maximum Gasteiger partial charge on any atom is 0.389 e. The summed E-state index contributed by atoms with van der Waals surface area (Å²) in [6, 6.07) is 4.48. The van der Waals surface area contributed by atoms with Crippen molar-refractivity contribution >= 4 is 17.3 Å². The second-order valence-electron chi connectivity index (χ2n) is 4.07. The smallest absolute Gasteiger partial charge is 0.389 e. The van der Waals surface area contributed by atoms with Crippen molar-refractivity contribution in [3.63, 3.8) is 0 Å². The lowest BCUT2D eigenvalue weighted by atomic mass is 10.1. The standard InChI is InChI=1S/C12H15F3N2O2/c13-12(14,15)6-1-2-7-17-9-5-3-4-8(10(9)16)11(18)19/h3-5,17H,1-2,6-7,16H2,(H,18,19). The first kappa shape index (κ1) is 15.1. The molecule has 0 saturated carbocycles. The van der Waals surface area contributed by atoms with Gasteiger partial charge < -0.3 is 16.2 Å². The molecule has 0 fully saturated rings. The number of carboxylic acids is 1. The number of halogens is 3. The predicted molar refractivity (Wildman–Crippen MR) is 66.2 cm³/mol. The van der Waals surface area contributed by atoms with Crippen LogP contribution < -0.4 is 11.1 Å². The third-order valence-electron chi connectivity index (χ3n) is 2.54. The van der Waals surface area contributed by atoms with Crippen LogP contribution in [0.3, 0.4) is 0 Å². The second kappa shape index (κ2) is 6.31. The van der Waals surface area contributed by atoms with Crippen molar-refractivity contribution < 1.29 is 23.1 Å². The monoisotopic (exact) mass is 276 g/mol. The van der Waals surface area contributed by atoms with Gasteiger partial charge in [0.15, 0.2) is 0 Å². The first-order chi connectivity index (χ1) is 8.81. The Morgan fingerprint density at radius 1 is 1.32 bits per heavy atom. The Morgan fingerprint density at radius 3 is 2.58 bits per heavy atom. The van der Waals surface area contributed by atoms with Crippen LogP contribution in [0.2, 0.25) is 0 Å². The number of para-hydroxylation sites is 1. The highest BCUT2D eigenvalue weighted by Crippen LogP contribution is 2.24. The molecule has 7 heteroatoms. The summed E-state index contributed by atoms with van der Waals surface area (Å²) in [5.41, 5.74) is 6.13. The fourth-order valence-corrected chi connectivity index (χ4v) is 1.58. The van der Waals surface area contributed by atoms with E-state index in [9.17, 15) is 18.0 Å². The van der Waals surface area contributed by atoms with Crippen LogP contribution in [-0.2, 0) is 0 Å². The van der Waals surface area contributed by atoms with Gasteiger partial charge in [0.2, 0.25) is 0 Å². The molecule has 0 spiro atoms. The fourth-order valence-electron chi connectivity index (χ4n) is 1.58. The van der Waals surface area contributed by atoms with Crippen LogP contribution in [-0.4, -0.2) is 23.8 Å². The molecule has 0 saturated heterocycles. The molecule has 1 aromatic carbocycles. The van der Waals surface area contributed by atoms with E-state index in [1.165, 1.54) is 12.1 Å². The van der Waals surface area contributed by atoms with E-state index in [4.69, 9.17) is 10.8 Å². The van der Waals surface area contributed by atoms with Crippen molar-refractivity contribution in [2.24, 2.45) is 0 Å². The number of anilines is 2. The Balaban J connectivity index is 2.46. The van der Waals surface area contributed by atoms with E-state index in [0.29, 0.717) is 18.7 Å². The molecule has 1 rings (SSSR count). The lowest BCUT2D eigenvalue weighted by molar-refractivity contribution is -0.135. The van der Waals surface area contributed by atoms with Crippen LogP contribution in [0.1, 0.15) is 29.6 Å². The van der Waals surface area contributed by atoms with Crippen molar-refractivity contribution in [3.05, 3.63) is 23.8 Å². The lowest BCUT2D eigenvalue weighted by Gasteiger charge is -2.11. The number of nitrogen functional groups attached to an aromatic ring is 1. The lowest BCUT2D eigenvalue weighted by Crippen LogP contribution is -2.10. The first-order valence-electron chi connectivity index (χ1n) is 5.73. The normalized spacial score (nSPS) is 11.3. The minimum Gasteiger partial charge on any atom is -0.478 e. The summed E-state index contributed by atoms with van der Waals surface area (Å²) < 4.78 is 35.7. The average molecular weight is 276 g/mol. The van der Waals surface area contributed by atoms with Crippen LogP contribution in [0.15, 0.2) is 18.2 Å². The van der Waals surface area contributed by atoms with Gasteiger partial charge in [-0.15, -0.1) is 0 Å². The summed E-state index contributed by atoms with van der Waals surface area (Å²) in [5, 5.41) is 11.7. The molecule has 4 nitrogen and oxygen atoms in total. The molecule has 0 amide bonds. The van der Waals surface area contributed by atoms with Crippen molar-refractivity contribution in [3.8, 4) is 0 Å². The van der Waals surface area contributed by atoms with Gasteiger partial charge in [0.25, 0.3) is 0 Å². The average Bonchev–Trinajstić information content (AvgIpc) is 2.28. The first-order valence-corrected chi connectivity index (χ1v) is 5.73. The molecule has 0 unspecified atom stereocenters. The minimum atomic E-state index is -4.14. The Kier molecular flexibility index (Phi) is 5.02. The number of nitrogens with two attached hydrogens (primary N) is 1. The number of unbranched alkanes of at least 4 members (excludes halogenated alkanes) is 1. The third kappa shape index (κ3) is 5.07. The van der Waals surface area contributed by atoms with E-state index in [1.54, 1.807) is 6.07 Å². The summed E-state index contributed by atoms with van der Waals surface area (Å²) in [4.78, 5) is 10.8. The molecule has 4 N–H and O–H groups in total. The number of carboxylic acid groups (broad SMARTS) is 1. The zero-order valence-electron chi connectivity index (χ0n) is 10.1. The summed E-state index contributed by atoms with van der Waals surface area (Å²) in [6.45, 7) is 0.309. The van der Waals surface area contributed by atoms with E-state index < -0.39 is 18.6 Å². The largest absolute Gasteiger partial charge is 0.478 e. The molecule has 0 aliphatic heterocycles. The van der Waals surface area contributed by atoms with E-state index in [0.717, 1.165) is 0 Å². The summed E-state index contributed by atoms with van der Waals surface area (Å²) in [7, 11) is 0. The zero-order chi connectivity index (χ0) is 14.5. The second-order valence-corrected chi connectivity index (χ2v) is 4.07. The van der Waals surface area contributed by atoms with Crippen LogP contribution in [0.4, 0.5) is 24.5 Å². The third-order valence-corrected chi connectivity index (χ3v) is 2.54. The highest BCUT2D eigenvalue weighted by molar-refractivity contribution is 5.97. The molecule has 19 heavy (non-hydrogen) atoms. The molecule has 0 radical (unpaired) electrons. The van der Waals surface area contributed by atoms with Gasteiger partial charge in [0, 0.05) is 13.0 Å². The zero-order valence-corrected chi connectivity index (χ0v) is 10.1. The molecule has 1 aromatic rings. The molecule has 106 valence electrons. The SMILES string of the molecule is Nc1c(NCCCCC(F)(F)F)cccc1C(=O)O. The van der Waals surface area contributed by atoms with E-state index >= 15 is 0 Å². The van der Waals surface area contributed by atoms with Gasteiger partial charge in [0.1, 0.15) is 0 Å². The number of hydrogen-bond donors (Lipinski definition) is 3. The molecular weight excluding hydrogens is 261 g/mol. The van der Waals surface area contributed by atoms with Gasteiger partial charge >= 0.3 is 12.1 Å². The Labute approximate surface area is 108 Å². The number of benzene rings is 1. The molecule has 0 aliphatic rings. The molecular formula is C12H15F3N2O2. The van der Waals surface area contributed by atoms with Crippen LogP contribution >= 0.6 is 0 Å². The topological polar surface area (TPSA) is 75.3 Å². The highest BCUT2D eigenvalue weighted by atomic mass is 19.4. The molecule has 0 heterocycles. The maximum absolute atomic E-state index is 11.9. The van der Waals surface area contributed by atoms with Crippen LogP contribution in [0, 0.1) is 0 Å². The number of nitrogens with one attached hydrogen (secondary N) is 1. The number of rotatable bonds is 6. The Hall–Kier alpha value is -1.92. The quantitative estimate of drug-likeness (QED) is 0.551. The van der Waals surface area contributed by atoms with Crippen molar-refractivity contribution in [1.29, 1.82) is 0 Å². The predicted octanol–water partition coefficient (Wildman–Crippen LogP) is 3.11. The molecule has 0 atom stereocenters. The number of aromatic carboxylic acids is 1. The van der Waals surface area contributed by atoms with Crippen LogP contribution in [0.25, 0.3) is 0 Å². The Morgan fingerprint density at radius 2 is 2.00 bits per heavy atom. The van der Waals surface area contributed by atoms with Crippen LogP contribution in [0.5, 0.6) is 0 Å². The highest BCUT2D eigenvalue weighted by Gasteiger charge is 2.25. The number of carbonyl (C=O) groups is 1. The molecule has 0 bridgehead atoms. The van der Waals surface area contributed by atoms with Gasteiger partial charge in [-0.2, -0.15) is 13.2 Å². The molecule has 0 aromatic heterocycles. The van der Waals surface area contributed by atoms with Gasteiger partial charge in [-0.25, -0.2) is 4.79 Å². The fraction of sp³-hybridized carbons (Fsp3) is 0.417. The van der Waals surface area contributed by atoms with E-state index in [-0.39, 0.29) is 17.7 Å². The van der Waals surface area contributed by atoms with Crippen molar-refractivity contribution in [1.82, 2.24) is 0 Å². The summed E-state index contributed by atoms with van der Waals surface area (Å²) >= 11 is 0. The van der Waals surface area contributed by atoms with E-state index in [2.05, 4.69) is 5.32 Å². The van der Waals surface area contributed by atoms with Gasteiger partial charge in [0.05, 0.1) is 16.9 Å². The number of hydrogen-bond acceptors (Lipinski definition) is 3. The maximum atomic E-state index is 11.9. The van der Waals surface area contributed by atoms with Gasteiger partial charge in [-0.3, -0.25) is 0 Å². The molecule has 0 aliphatic carbocycles. The minimum absolute atomic E-state index is 0.0228. The summed E-state index contributed by atoms with van der Waals surface area (Å²) in [5.74, 6) is -1.14. The van der Waals surface area contributed by atoms with Crippen molar-refractivity contribution in [2.75, 3.05) is 17.6 Å².